The van der Waals surface area contributed by atoms with Gasteiger partial charge in [-0.25, -0.2) is 8.42 Å². The normalized spacial score (nSPS) is 13.8. The fourth-order valence-corrected chi connectivity index (χ4v) is 2.59. The summed E-state index contributed by atoms with van der Waals surface area (Å²) in [5.74, 6) is -0.526. The minimum Gasteiger partial charge on any atom is -0.368 e. The van der Waals surface area contributed by atoms with Crippen LogP contribution in [-0.4, -0.2) is 20.7 Å². The fourth-order valence-electron chi connectivity index (χ4n) is 1.94. The molecule has 27 heavy (non-hydrogen) atoms. The number of halogens is 6. The van der Waals surface area contributed by atoms with Gasteiger partial charge in [0.05, 0.1) is 11.1 Å². The molecule has 0 heterocycles. The van der Waals surface area contributed by atoms with Crippen molar-refractivity contribution in [3.63, 3.8) is 0 Å². The summed E-state index contributed by atoms with van der Waals surface area (Å²) in [6.07, 6.45) is -9.45. The quantitative estimate of drug-likeness (QED) is 0.564. The summed E-state index contributed by atoms with van der Waals surface area (Å²) in [7, 11) is -4.11. The van der Waals surface area contributed by atoms with Gasteiger partial charge in [-0.1, -0.05) is 0 Å². The largest absolute Gasteiger partial charge is 0.416 e. The summed E-state index contributed by atoms with van der Waals surface area (Å²) in [4.78, 5) is -0.859. The molecule has 0 saturated carbocycles. The SMILES string of the molecule is CC(C)NC(Nc1cc(C(F)(F)F)cc(C(F)(F)F)c1)=C(C#N)S(C)(=O)=O. The van der Waals surface area contributed by atoms with E-state index in [1.807, 2.05) is 0 Å². The van der Waals surface area contributed by atoms with Gasteiger partial charge in [-0.2, -0.15) is 31.6 Å². The van der Waals surface area contributed by atoms with Crippen LogP contribution in [0.1, 0.15) is 25.0 Å². The van der Waals surface area contributed by atoms with E-state index in [1.54, 1.807) is 0 Å². The predicted molar refractivity (Wildman–Crippen MR) is 85.8 cm³/mol. The standard InChI is InChI=1S/C15H15F6N3O2S/c1-8(2)23-13(12(7-22)27(3,25)26)24-11-5-9(14(16,17)18)4-10(6-11)15(19,20)21/h4-6,8,23-24H,1-3H3. The van der Waals surface area contributed by atoms with Crippen molar-refractivity contribution >= 4 is 15.5 Å². The van der Waals surface area contributed by atoms with Crippen LogP contribution in [0.4, 0.5) is 32.0 Å². The van der Waals surface area contributed by atoms with Gasteiger partial charge in [-0.15, -0.1) is 0 Å². The number of allylic oxidation sites excluding steroid dienone is 1. The van der Waals surface area contributed by atoms with Crippen LogP contribution < -0.4 is 10.6 Å². The van der Waals surface area contributed by atoms with Crippen LogP contribution in [0.2, 0.25) is 0 Å². The van der Waals surface area contributed by atoms with Crippen LogP contribution >= 0.6 is 0 Å². The molecule has 2 N–H and O–H groups in total. The number of hydrogen-bond acceptors (Lipinski definition) is 5. The molecule has 0 saturated heterocycles. The van der Waals surface area contributed by atoms with E-state index in [0.717, 1.165) is 0 Å². The summed E-state index contributed by atoms with van der Waals surface area (Å²) in [6.45, 7) is 3.07. The molecule has 5 nitrogen and oxygen atoms in total. The Bertz CT molecular complexity index is 848. The first-order valence-corrected chi connectivity index (χ1v) is 9.12. The highest BCUT2D eigenvalue weighted by atomic mass is 32.2. The molecule has 0 bridgehead atoms. The molecule has 0 aromatic heterocycles. The van der Waals surface area contributed by atoms with E-state index in [-0.39, 0.29) is 6.07 Å². The van der Waals surface area contributed by atoms with Gasteiger partial charge < -0.3 is 10.6 Å². The van der Waals surface area contributed by atoms with Gasteiger partial charge in [-0.05, 0) is 32.0 Å². The van der Waals surface area contributed by atoms with Gasteiger partial charge >= 0.3 is 12.4 Å². The van der Waals surface area contributed by atoms with Crippen LogP contribution in [0.5, 0.6) is 0 Å². The molecule has 1 aromatic carbocycles. The minimum atomic E-state index is -5.07. The molecule has 0 amide bonds. The topological polar surface area (TPSA) is 82.0 Å². The van der Waals surface area contributed by atoms with Gasteiger partial charge in [0.2, 0.25) is 0 Å². The molecule has 0 unspecified atom stereocenters. The summed E-state index contributed by atoms with van der Waals surface area (Å²) in [6, 6.07) is 1.60. The zero-order valence-electron chi connectivity index (χ0n) is 14.2. The van der Waals surface area contributed by atoms with E-state index < -0.39 is 55.8 Å². The average molecular weight is 415 g/mol. The number of rotatable bonds is 5. The Morgan fingerprint density at radius 3 is 1.78 bits per heavy atom. The highest BCUT2D eigenvalue weighted by molar-refractivity contribution is 7.94. The highest BCUT2D eigenvalue weighted by Crippen LogP contribution is 2.37. The van der Waals surface area contributed by atoms with Gasteiger partial charge in [0, 0.05) is 18.0 Å². The molecular formula is C15H15F6N3O2S. The number of nitriles is 1. The molecule has 1 aromatic rings. The summed E-state index contributed by atoms with van der Waals surface area (Å²) < 4.78 is 101. The Morgan fingerprint density at radius 2 is 1.48 bits per heavy atom. The van der Waals surface area contributed by atoms with Crippen molar-refractivity contribution in [3.05, 3.63) is 40.1 Å². The van der Waals surface area contributed by atoms with Gasteiger partial charge in [0.25, 0.3) is 0 Å². The first kappa shape index (κ1) is 22.6. The predicted octanol–water partition coefficient (Wildman–Crippen LogP) is 3.87. The average Bonchev–Trinajstić information content (AvgIpc) is 2.43. The van der Waals surface area contributed by atoms with Crippen molar-refractivity contribution in [2.45, 2.75) is 32.2 Å². The third-order valence-corrected chi connectivity index (χ3v) is 4.03. The van der Waals surface area contributed by atoms with E-state index >= 15 is 0 Å². The van der Waals surface area contributed by atoms with Crippen molar-refractivity contribution < 1.29 is 34.8 Å². The van der Waals surface area contributed by atoms with Crippen LogP contribution in [0, 0.1) is 11.3 Å². The molecule has 0 fully saturated rings. The lowest BCUT2D eigenvalue weighted by atomic mass is 10.1. The van der Waals surface area contributed by atoms with E-state index in [9.17, 15) is 34.8 Å². The second kappa shape index (κ2) is 7.67. The molecule has 0 aliphatic rings. The Labute approximate surface area is 151 Å². The maximum Gasteiger partial charge on any atom is 0.416 e. The third-order valence-electron chi connectivity index (χ3n) is 2.99. The zero-order valence-corrected chi connectivity index (χ0v) is 15.1. The molecule has 12 heteroatoms. The van der Waals surface area contributed by atoms with Crippen molar-refractivity contribution in [3.8, 4) is 6.07 Å². The molecule has 1 rings (SSSR count). The Hall–Kier alpha value is -2.42. The Morgan fingerprint density at radius 1 is 1.04 bits per heavy atom. The maximum atomic E-state index is 12.9. The Kier molecular flexibility index (Phi) is 6.43. The number of alkyl halides is 6. The minimum absolute atomic E-state index is 0.0633. The van der Waals surface area contributed by atoms with E-state index in [4.69, 9.17) is 5.26 Å². The van der Waals surface area contributed by atoms with Crippen molar-refractivity contribution in [2.24, 2.45) is 0 Å². The lowest BCUT2D eigenvalue weighted by molar-refractivity contribution is -0.143. The molecule has 0 atom stereocenters. The van der Waals surface area contributed by atoms with Crippen LogP contribution in [0.15, 0.2) is 28.9 Å². The first-order valence-electron chi connectivity index (χ1n) is 7.23. The molecule has 0 aliphatic heterocycles. The van der Waals surface area contributed by atoms with E-state index in [0.29, 0.717) is 18.4 Å². The number of benzene rings is 1. The van der Waals surface area contributed by atoms with Gasteiger partial charge in [0.15, 0.2) is 14.7 Å². The summed E-state index contributed by atoms with van der Waals surface area (Å²) in [5, 5.41) is 13.7. The smallest absolute Gasteiger partial charge is 0.368 e. The zero-order chi connectivity index (χ0) is 21.2. The van der Waals surface area contributed by atoms with E-state index in [2.05, 4.69) is 10.6 Å². The van der Waals surface area contributed by atoms with Crippen molar-refractivity contribution in [2.75, 3.05) is 11.6 Å². The number of anilines is 1. The molecule has 0 radical (unpaired) electrons. The fraction of sp³-hybridized carbons (Fsp3) is 0.400. The van der Waals surface area contributed by atoms with Crippen molar-refractivity contribution in [1.82, 2.24) is 5.32 Å². The van der Waals surface area contributed by atoms with E-state index in [1.165, 1.54) is 19.9 Å². The van der Waals surface area contributed by atoms with Crippen molar-refractivity contribution in [1.29, 1.82) is 5.26 Å². The van der Waals surface area contributed by atoms with Crippen LogP contribution in [-0.2, 0) is 22.2 Å². The maximum absolute atomic E-state index is 12.9. The monoisotopic (exact) mass is 415 g/mol. The third kappa shape index (κ3) is 6.35. The second-order valence-electron chi connectivity index (χ2n) is 5.81. The Balaban J connectivity index is 3.63. The summed E-state index contributed by atoms with van der Waals surface area (Å²) >= 11 is 0. The molecule has 150 valence electrons. The van der Waals surface area contributed by atoms with Crippen LogP contribution in [0.3, 0.4) is 0 Å². The number of hydrogen-bond donors (Lipinski definition) is 2. The molecule has 0 aliphatic carbocycles. The molecule has 0 spiro atoms. The highest BCUT2D eigenvalue weighted by Gasteiger charge is 2.37. The lowest BCUT2D eigenvalue weighted by Gasteiger charge is -2.20. The number of sulfone groups is 1. The molecular weight excluding hydrogens is 400 g/mol. The van der Waals surface area contributed by atoms with Crippen LogP contribution in [0.25, 0.3) is 0 Å². The number of nitrogens with one attached hydrogen (secondary N) is 2. The number of nitrogens with zero attached hydrogens (tertiary/aromatic N) is 1. The first-order chi connectivity index (χ1) is 12.1. The summed E-state index contributed by atoms with van der Waals surface area (Å²) in [5.41, 5.74) is -3.85. The van der Waals surface area contributed by atoms with Gasteiger partial charge in [0.1, 0.15) is 11.9 Å². The van der Waals surface area contributed by atoms with Gasteiger partial charge in [-0.3, -0.25) is 0 Å². The lowest BCUT2D eigenvalue weighted by Crippen LogP contribution is -2.29. The second-order valence-corrected chi connectivity index (χ2v) is 7.76.